The van der Waals surface area contributed by atoms with Crippen LogP contribution in [-0.4, -0.2) is 6.54 Å². The lowest BCUT2D eigenvalue weighted by atomic mass is 10.2. The van der Waals surface area contributed by atoms with Gasteiger partial charge in [0.05, 0.1) is 0 Å². The van der Waals surface area contributed by atoms with Crippen LogP contribution < -0.4 is 5.73 Å². The molecule has 11 heavy (non-hydrogen) atoms. The Hall–Kier alpha value is 0.140. The molecule has 2 N–H and O–H groups in total. The molecule has 0 unspecified atom stereocenters. The van der Waals surface area contributed by atoms with Gasteiger partial charge in [0, 0.05) is 8.95 Å². The smallest absolute Gasteiger partial charge is 0.0208 e. The van der Waals surface area contributed by atoms with Crippen molar-refractivity contribution in [1.29, 1.82) is 0 Å². The van der Waals surface area contributed by atoms with Gasteiger partial charge in [0.2, 0.25) is 0 Å². The SMILES string of the molecule is NCCc1cc(Br)ccc1Br. The van der Waals surface area contributed by atoms with Gasteiger partial charge in [-0.3, -0.25) is 0 Å². The Morgan fingerprint density at radius 1 is 1.27 bits per heavy atom. The highest BCUT2D eigenvalue weighted by atomic mass is 79.9. The average Bonchev–Trinajstić information content (AvgIpc) is 1.98. The van der Waals surface area contributed by atoms with E-state index in [4.69, 9.17) is 5.73 Å². The molecule has 0 spiro atoms. The number of rotatable bonds is 2. The molecule has 0 saturated heterocycles. The first-order valence-electron chi connectivity index (χ1n) is 3.38. The van der Waals surface area contributed by atoms with E-state index in [2.05, 4.69) is 37.9 Å². The van der Waals surface area contributed by atoms with E-state index in [0.29, 0.717) is 6.54 Å². The summed E-state index contributed by atoms with van der Waals surface area (Å²) in [5.74, 6) is 0. The first-order chi connectivity index (χ1) is 5.24. The average molecular weight is 279 g/mol. The van der Waals surface area contributed by atoms with Gasteiger partial charge in [-0.1, -0.05) is 31.9 Å². The Balaban J connectivity index is 2.93. The number of benzene rings is 1. The van der Waals surface area contributed by atoms with E-state index in [0.717, 1.165) is 15.4 Å². The third-order valence-corrected chi connectivity index (χ3v) is 2.69. The van der Waals surface area contributed by atoms with E-state index in [-0.39, 0.29) is 0 Å². The molecule has 0 aliphatic carbocycles. The summed E-state index contributed by atoms with van der Waals surface area (Å²) in [7, 11) is 0. The van der Waals surface area contributed by atoms with Crippen molar-refractivity contribution in [3.63, 3.8) is 0 Å². The molecular formula is C8H9Br2N. The van der Waals surface area contributed by atoms with Crippen molar-refractivity contribution in [2.24, 2.45) is 5.73 Å². The van der Waals surface area contributed by atoms with Crippen LogP contribution in [0.4, 0.5) is 0 Å². The second kappa shape index (κ2) is 4.24. The molecule has 0 saturated carbocycles. The number of hydrogen-bond acceptors (Lipinski definition) is 1. The van der Waals surface area contributed by atoms with E-state index in [1.807, 2.05) is 12.1 Å². The highest BCUT2D eigenvalue weighted by molar-refractivity contribution is 9.11. The van der Waals surface area contributed by atoms with Gasteiger partial charge in [0.25, 0.3) is 0 Å². The van der Waals surface area contributed by atoms with Crippen LogP contribution in [0, 0.1) is 0 Å². The molecular weight excluding hydrogens is 270 g/mol. The van der Waals surface area contributed by atoms with Crippen LogP contribution in [0.5, 0.6) is 0 Å². The highest BCUT2D eigenvalue weighted by Gasteiger charge is 1.98. The summed E-state index contributed by atoms with van der Waals surface area (Å²) in [5.41, 5.74) is 6.70. The van der Waals surface area contributed by atoms with E-state index in [9.17, 15) is 0 Å². The third kappa shape index (κ3) is 2.58. The fourth-order valence-corrected chi connectivity index (χ4v) is 1.74. The lowest BCUT2D eigenvalue weighted by Gasteiger charge is -2.02. The topological polar surface area (TPSA) is 26.0 Å². The molecule has 0 bridgehead atoms. The zero-order valence-electron chi connectivity index (χ0n) is 5.98. The summed E-state index contributed by atoms with van der Waals surface area (Å²) in [6, 6.07) is 6.11. The van der Waals surface area contributed by atoms with Crippen molar-refractivity contribution in [2.45, 2.75) is 6.42 Å². The molecule has 0 atom stereocenters. The van der Waals surface area contributed by atoms with Gasteiger partial charge in [-0.2, -0.15) is 0 Å². The van der Waals surface area contributed by atoms with Crippen LogP contribution in [0.25, 0.3) is 0 Å². The van der Waals surface area contributed by atoms with Gasteiger partial charge in [-0.15, -0.1) is 0 Å². The maximum atomic E-state index is 5.44. The van der Waals surface area contributed by atoms with Gasteiger partial charge >= 0.3 is 0 Å². The molecule has 1 aromatic rings. The summed E-state index contributed by atoms with van der Waals surface area (Å²) in [4.78, 5) is 0. The molecule has 0 heterocycles. The summed E-state index contributed by atoms with van der Waals surface area (Å²) >= 11 is 6.86. The quantitative estimate of drug-likeness (QED) is 0.885. The first-order valence-corrected chi connectivity index (χ1v) is 4.96. The minimum absolute atomic E-state index is 0.690. The van der Waals surface area contributed by atoms with E-state index < -0.39 is 0 Å². The van der Waals surface area contributed by atoms with Crippen molar-refractivity contribution >= 4 is 31.9 Å². The minimum atomic E-state index is 0.690. The van der Waals surface area contributed by atoms with Gasteiger partial charge in [-0.05, 0) is 36.7 Å². The predicted molar refractivity (Wildman–Crippen MR) is 54.6 cm³/mol. The fraction of sp³-hybridized carbons (Fsp3) is 0.250. The summed E-state index contributed by atoms with van der Waals surface area (Å²) in [6.45, 7) is 0.690. The van der Waals surface area contributed by atoms with Gasteiger partial charge in [0.1, 0.15) is 0 Å². The summed E-state index contributed by atoms with van der Waals surface area (Å²) < 4.78 is 2.23. The van der Waals surface area contributed by atoms with Crippen LogP contribution in [0.15, 0.2) is 27.1 Å². The van der Waals surface area contributed by atoms with Crippen molar-refractivity contribution < 1.29 is 0 Å². The molecule has 60 valence electrons. The maximum Gasteiger partial charge on any atom is 0.0208 e. The van der Waals surface area contributed by atoms with Crippen molar-refractivity contribution in [2.75, 3.05) is 6.54 Å². The molecule has 0 fully saturated rings. The lowest BCUT2D eigenvalue weighted by Crippen LogP contribution is -2.03. The summed E-state index contributed by atoms with van der Waals surface area (Å²) in [5, 5.41) is 0. The molecule has 0 aliphatic heterocycles. The molecule has 1 aromatic carbocycles. The largest absolute Gasteiger partial charge is 0.330 e. The van der Waals surface area contributed by atoms with Crippen molar-refractivity contribution in [3.8, 4) is 0 Å². The third-order valence-electron chi connectivity index (χ3n) is 1.42. The normalized spacial score (nSPS) is 10.1. The lowest BCUT2D eigenvalue weighted by molar-refractivity contribution is 0.962. The van der Waals surface area contributed by atoms with Gasteiger partial charge in [0.15, 0.2) is 0 Å². The van der Waals surface area contributed by atoms with Crippen LogP contribution in [0.1, 0.15) is 5.56 Å². The zero-order chi connectivity index (χ0) is 8.27. The summed E-state index contributed by atoms with van der Waals surface area (Å²) in [6.07, 6.45) is 0.917. The number of hydrogen-bond donors (Lipinski definition) is 1. The van der Waals surface area contributed by atoms with Crippen LogP contribution in [0.2, 0.25) is 0 Å². The number of nitrogens with two attached hydrogens (primary N) is 1. The molecule has 1 rings (SSSR count). The monoisotopic (exact) mass is 277 g/mol. The van der Waals surface area contributed by atoms with Crippen molar-refractivity contribution in [3.05, 3.63) is 32.7 Å². The fourth-order valence-electron chi connectivity index (χ4n) is 0.890. The highest BCUT2D eigenvalue weighted by Crippen LogP contribution is 2.21. The zero-order valence-corrected chi connectivity index (χ0v) is 9.15. The molecule has 0 radical (unpaired) electrons. The minimum Gasteiger partial charge on any atom is -0.330 e. The predicted octanol–water partition coefficient (Wildman–Crippen LogP) is 2.71. The molecule has 1 nitrogen and oxygen atoms in total. The molecule has 0 aromatic heterocycles. The van der Waals surface area contributed by atoms with Crippen molar-refractivity contribution in [1.82, 2.24) is 0 Å². The second-order valence-corrected chi connectivity index (χ2v) is 4.04. The van der Waals surface area contributed by atoms with E-state index in [1.165, 1.54) is 5.56 Å². The molecule has 0 aliphatic rings. The Bertz CT molecular complexity index is 248. The Morgan fingerprint density at radius 2 is 2.00 bits per heavy atom. The Kier molecular flexibility index (Phi) is 3.55. The van der Waals surface area contributed by atoms with Crippen LogP contribution >= 0.6 is 31.9 Å². The van der Waals surface area contributed by atoms with E-state index in [1.54, 1.807) is 0 Å². The number of halogens is 2. The van der Waals surface area contributed by atoms with Gasteiger partial charge in [-0.25, -0.2) is 0 Å². The Morgan fingerprint density at radius 3 is 2.64 bits per heavy atom. The maximum absolute atomic E-state index is 5.44. The Labute approximate surface area is 83.2 Å². The molecule has 0 amide bonds. The standard InChI is InChI=1S/C8H9Br2N/c9-7-1-2-8(10)6(5-7)3-4-11/h1-2,5H,3-4,11H2. The van der Waals surface area contributed by atoms with Crippen LogP contribution in [0.3, 0.4) is 0 Å². The second-order valence-electron chi connectivity index (χ2n) is 2.27. The van der Waals surface area contributed by atoms with Gasteiger partial charge < -0.3 is 5.73 Å². The first kappa shape index (κ1) is 9.23. The molecule has 3 heteroatoms. The van der Waals surface area contributed by atoms with Crippen LogP contribution in [-0.2, 0) is 6.42 Å². The van der Waals surface area contributed by atoms with E-state index >= 15 is 0 Å².